The van der Waals surface area contributed by atoms with E-state index < -0.39 is 10.0 Å². The normalized spacial score (nSPS) is 11.6. The van der Waals surface area contributed by atoms with Gasteiger partial charge in [0.05, 0.1) is 22.7 Å². The van der Waals surface area contributed by atoms with Crippen molar-refractivity contribution in [2.75, 3.05) is 11.4 Å². The van der Waals surface area contributed by atoms with Crippen LogP contribution in [0.2, 0.25) is 10.0 Å². The number of halogens is 2. The molecule has 0 aliphatic heterocycles. The van der Waals surface area contributed by atoms with E-state index in [0.29, 0.717) is 27.2 Å². The number of H-pyrrole nitrogens is 1. The monoisotopic (exact) mass is 556 g/mol. The van der Waals surface area contributed by atoms with Crippen LogP contribution in [0, 0.1) is 6.92 Å². The van der Waals surface area contributed by atoms with Crippen molar-refractivity contribution in [3.05, 3.63) is 92.9 Å². The van der Waals surface area contributed by atoms with Crippen molar-refractivity contribution >= 4 is 55.6 Å². The van der Waals surface area contributed by atoms with Gasteiger partial charge >= 0.3 is 0 Å². The largest absolute Gasteiger partial charge is 0.479 e. The van der Waals surface area contributed by atoms with Gasteiger partial charge in [0.15, 0.2) is 5.82 Å². The fraction of sp³-hybridized carbons (Fsp3) is 0.0800. The highest BCUT2D eigenvalue weighted by molar-refractivity contribution is 7.93. The van der Waals surface area contributed by atoms with Crippen molar-refractivity contribution < 1.29 is 17.7 Å². The molecule has 3 heterocycles. The number of nitrogens with zero attached hydrogens (tertiary/aromatic N) is 3. The van der Waals surface area contributed by atoms with Gasteiger partial charge in [-0.25, -0.2) is 17.7 Å². The first kappa shape index (κ1) is 24.8. The second-order valence-corrected chi connectivity index (χ2v) is 10.6. The first-order valence-corrected chi connectivity index (χ1v) is 13.0. The van der Waals surface area contributed by atoms with Gasteiger partial charge in [-0.2, -0.15) is 0 Å². The molecular formula is C25H18Cl2N4O5S. The maximum atomic E-state index is 14.0. The van der Waals surface area contributed by atoms with Crippen molar-refractivity contribution in [1.29, 1.82) is 0 Å². The van der Waals surface area contributed by atoms with Crippen LogP contribution in [0.25, 0.3) is 22.2 Å². The van der Waals surface area contributed by atoms with E-state index in [0.717, 1.165) is 9.87 Å². The fourth-order valence-corrected chi connectivity index (χ4v) is 5.67. The summed E-state index contributed by atoms with van der Waals surface area (Å²) < 4.78 is 39.4. The molecule has 12 heteroatoms. The quantitative estimate of drug-likeness (QED) is 0.283. The summed E-state index contributed by atoms with van der Waals surface area (Å²) in [6.45, 7) is 1.85. The Balaban J connectivity index is 1.70. The number of ether oxygens (including phenoxy) is 1. The maximum absolute atomic E-state index is 14.0. The number of anilines is 2. The number of pyridine rings is 2. The number of rotatable bonds is 6. The second-order valence-electron chi connectivity index (χ2n) is 8.01. The van der Waals surface area contributed by atoms with Crippen LogP contribution in [0.15, 0.2) is 81.1 Å². The van der Waals surface area contributed by atoms with Gasteiger partial charge in [0.1, 0.15) is 12.0 Å². The summed E-state index contributed by atoms with van der Waals surface area (Å²) in [4.78, 5) is 18.8. The lowest BCUT2D eigenvalue weighted by atomic mass is 10.1. The van der Waals surface area contributed by atoms with Crippen LogP contribution in [0.5, 0.6) is 5.88 Å². The Labute approximate surface area is 221 Å². The lowest BCUT2D eigenvalue weighted by Gasteiger charge is -2.24. The van der Waals surface area contributed by atoms with Crippen molar-refractivity contribution in [2.24, 2.45) is 0 Å². The minimum Gasteiger partial charge on any atom is -0.479 e. The van der Waals surface area contributed by atoms with E-state index in [1.807, 2.05) is 13.0 Å². The van der Waals surface area contributed by atoms with Crippen LogP contribution in [0.3, 0.4) is 0 Å². The molecule has 2 aromatic carbocycles. The molecule has 0 bridgehead atoms. The van der Waals surface area contributed by atoms with Crippen molar-refractivity contribution in [3.8, 4) is 17.1 Å². The highest BCUT2D eigenvalue weighted by atomic mass is 35.5. The predicted molar refractivity (Wildman–Crippen MR) is 141 cm³/mol. The van der Waals surface area contributed by atoms with Crippen LogP contribution >= 0.6 is 23.2 Å². The molecule has 3 aromatic heterocycles. The minimum absolute atomic E-state index is 0.0105. The third kappa shape index (κ3) is 4.55. The molecule has 0 atom stereocenters. The van der Waals surface area contributed by atoms with Gasteiger partial charge in [-0.3, -0.25) is 4.79 Å². The van der Waals surface area contributed by atoms with E-state index in [-0.39, 0.29) is 32.9 Å². The molecule has 5 rings (SSSR count). The Morgan fingerprint density at radius 3 is 2.51 bits per heavy atom. The lowest BCUT2D eigenvalue weighted by Crippen LogP contribution is -2.27. The summed E-state index contributed by atoms with van der Waals surface area (Å²) in [7, 11) is -2.92. The summed E-state index contributed by atoms with van der Waals surface area (Å²) in [5.41, 5.74) is 2.10. The molecule has 0 amide bonds. The molecule has 9 nitrogen and oxygen atoms in total. The van der Waals surface area contributed by atoms with Crippen molar-refractivity contribution in [2.45, 2.75) is 11.8 Å². The molecule has 5 aromatic rings. The molecular weight excluding hydrogens is 539 g/mol. The lowest BCUT2D eigenvalue weighted by molar-refractivity contribution is 0.399. The van der Waals surface area contributed by atoms with E-state index in [1.54, 1.807) is 12.1 Å². The summed E-state index contributed by atoms with van der Waals surface area (Å²) in [5.74, 6) is -0.0449. The summed E-state index contributed by atoms with van der Waals surface area (Å²) >= 11 is 12.8. The highest BCUT2D eigenvalue weighted by Crippen LogP contribution is 2.41. The number of aryl methyl sites for hydroxylation is 1. The first-order valence-electron chi connectivity index (χ1n) is 10.8. The topological polar surface area (TPSA) is 118 Å². The average Bonchev–Trinajstić information content (AvgIpc) is 3.39. The molecule has 0 saturated carbocycles. The Kier molecular flexibility index (Phi) is 6.40. The Hall–Kier alpha value is -3.86. The van der Waals surface area contributed by atoms with E-state index in [1.165, 1.54) is 55.8 Å². The first-order chi connectivity index (χ1) is 17.7. The number of hydrogen-bond acceptors (Lipinski definition) is 7. The van der Waals surface area contributed by atoms with E-state index >= 15 is 0 Å². The molecule has 188 valence electrons. The van der Waals surface area contributed by atoms with Crippen molar-refractivity contribution in [3.63, 3.8) is 0 Å². The molecule has 0 spiro atoms. The van der Waals surface area contributed by atoms with Crippen molar-refractivity contribution in [1.82, 2.24) is 15.1 Å². The van der Waals surface area contributed by atoms with Gasteiger partial charge in [-0.15, -0.1) is 0 Å². The molecule has 0 saturated heterocycles. The SMILES string of the molecule is COc1nc(-c2ccc(Cl)c(C)c2)c(Cl)cc1N(c1ccon1)S(=O)(=O)c1ccc2[nH]c(=O)ccc2c1. The fourth-order valence-electron chi connectivity index (χ4n) is 3.84. The summed E-state index contributed by atoms with van der Waals surface area (Å²) in [6, 6.07) is 15.3. The predicted octanol–water partition coefficient (Wildman–Crippen LogP) is 5.73. The van der Waals surface area contributed by atoms with E-state index in [9.17, 15) is 13.2 Å². The molecule has 1 N–H and O–H groups in total. The third-order valence-electron chi connectivity index (χ3n) is 5.63. The van der Waals surface area contributed by atoms with Gasteiger partial charge in [-0.1, -0.05) is 34.4 Å². The van der Waals surface area contributed by atoms with E-state index in [4.69, 9.17) is 32.5 Å². The second kappa shape index (κ2) is 9.55. The third-order valence-corrected chi connectivity index (χ3v) is 8.06. The van der Waals surface area contributed by atoms with E-state index in [2.05, 4.69) is 15.1 Å². The number of aromatic nitrogens is 3. The van der Waals surface area contributed by atoms with Crippen LogP contribution < -0.4 is 14.6 Å². The molecule has 0 radical (unpaired) electrons. The van der Waals surface area contributed by atoms with Gasteiger partial charge < -0.3 is 14.2 Å². The Morgan fingerprint density at radius 2 is 1.81 bits per heavy atom. The van der Waals surface area contributed by atoms with Crippen LogP contribution in [-0.2, 0) is 10.0 Å². The maximum Gasteiger partial charge on any atom is 0.270 e. The zero-order valence-electron chi connectivity index (χ0n) is 19.4. The number of benzene rings is 2. The number of fused-ring (bicyclic) bond motifs is 1. The average molecular weight is 557 g/mol. The minimum atomic E-state index is -4.30. The van der Waals surface area contributed by atoms with Gasteiger partial charge in [0, 0.05) is 28.2 Å². The zero-order valence-corrected chi connectivity index (χ0v) is 21.7. The number of aromatic amines is 1. The van der Waals surface area contributed by atoms with Crippen LogP contribution in [0.1, 0.15) is 5.56 Å². The number of sulfonamides is 1. The van der Waals surface area contributed by atoms with Crippen LogP contribution in [-0.4, -0.2) is 30.7 Å². The van der Waals surface area contributed by atoms with Gasteiger partial charge in [0.2, 0.25) is 11.4 Å². The highest BCUT2D eigenvalue weighted by Gasteiger charge is 2.33. The number of methoxy groups -OCH3 is 1. The molecule has 0 fully saturated rings. The summed E-state index contributed by atoms with van der Waals surface area (Å²) in [6.07, 6.45) is 1.25. The molecule has 37 heavy (non-hydrogen) atoms. The standard InChI is InChI=1S/C25H18Cl2N4O5S/c1-14-11-16(3-6-18(14)26)24-19(27)13-21(25(29-24)35-2)31(22-9-10-36-30-22)37(33,34)17-5-7-20-15(12-17)4-8-23(32)28-20/h3-13H,1-2H3,(H,28,32). The Morgan fingerprint density at radius 1 is 1.00 bits per heavy atom. The van der Waals surface area contributed by atoms with Gasteiger partial charge in [0.25, 0.3) is 10.0 Å². The smallest absolute Gasteiger partial charge is 0.270 e. The molecule has 0 unspecified atom stereocenters. The van der Waals surface area contributed by atoms with Crippen LogP contribution in [0.4, 0.5) is 11.5 Å². The number of nitrogens with one attached hydrogen (secondary N) is 1. The molecule has 0 aliphatic carbocycles. The molecule has 0 aliphatic rings. The van der Waals surface area contributed by atoms with Gasteiger partial charge in [-0.05, 0) is 60.3 Å². The zero-order chi connectivity index (χ0) is 26.3. The summed E-state index contributed by atoms with van der Waals surface area (Å²) in [5, 5.41) is 5.14. The Bertz CT molecular complexity index is 1800. The number of hydrogen-bond donors (Lipinski definition) is 1.